The van der Waals surface area contributed by atoms with Gasteiger partial charge in [-0.3, -0.25) is 0 Å². The zero-order valence-electron chi connectivity index (χ0n) is 11.0. The minimum atomic E-state index is -0.148. The second kappa shape index (κ2) is 5.63. The molecule has 1 N–H and O–H groups in total. The molecule has 1 unspecified atom stereocenters. The van der Waals surface area contributed by atoms with Gasteiger partial charge >= 0.3 is 0 Å². The van der Waals surface area contributed by atoms with Crippen molar-refractivity contribution in [2.24, 2.45) is 0 Å². The van der Waals surface area contributed by atoms with Gasteiger partial charge in [-0.05, 0) is 44.7 Å². The maximum Gasteiger partial charge on any atom is 0.131 e. The topological polar surface area (TPSA) is 12.0 Å². The molecule has 18 heavy (non-hydrogen) atoms. The van der Waals surface area contributed by atoms with Crippen molar-refractivity contribution < 1.29 is 4.39 Å². The van der Waals surface area contributed by atoms with E-state index in [2.05, 4.69) is 25.2 Å². The summed E-state index contributed by atoms with van der Waals surface area (Å²) < 4.78 is 13.8. The minimum absolute atomic E-state index is 0.148. The summed E-state index contributed by atoms with van der Waals surface area (Å²) in [6.07, 6.45) is 0. The van der Waals surface area contributed by atoms with Crippen LogP contribution in [0.5, 0.6) is 0 Å². The second-order valence-corrected chi connectivity index (χ2v) is 5.58. The van der Waals surface area contributed by atoms with E-state index in [0.29, 0.717) is 11.6 Å². The van der Waals surface area contributed by atoms with Crippen LogP contribution in [0.15, 0.2) is 30.3 Å². The fourth-order valence-electron chi connectivity index (χ4n) is 1.97. The molecule has 1 atom stereocenters. The van der Waals surface area contributed by atoms with E-state index in [1.165, 1.54) is 10.9 Å². The van der Waals surface area contributed by atoms with E-state index >= 15 is 0 Å². The van der Waals surface area contributed by atoms with Crippen LogP contribution >= 0.6 is 11.3 Å². The molecule has 0 saturated heterocycles. The summed E-state index contributed by atoms with van der Waals surface area (Å²) in [6, 6.07) is 9.65. The number of halogens is 1. The van der Waals surface area contributed by atoms with Gasteiger partial charge in [0, 0.05) is 21.4 Å². The fraction of sp³-hybridized carbons (Fsp3) is 0.333. The van der Waals surface area contributed by atoms with Crippen LogP contribution in [0.4, 0.5) is 4.39 Å². The molecule has 0 spiro atoms. The molecule has 3 heteroatoms. The number of nitrogens with one attached hydrogen (secondary N) is 1. The van der Waals surface area contributed by atoms with Crippen LogP contribution in [-0.2, 0) is 0 Å². The van der Waals surface area contributed by atoms with Crippen LogP contribution in [0.1, 0.15) is 30.3 Å². The van der Waals surface area contributed by atoms with Gasteiger partial charge in [0.1, 0.15) is 5.82 Å². The second-order valence-electron chi connectivity index (χ2n) is 4.46. The first-order chi connectivity index (χ1) is 8.61. The average Bonchev–Trinajstić information content (AvgIpc) is 2.82. The van der Waals surface area contributed by atoms with E-state index in [-0.39, 0.29) is 5.82 Å². The van der Waals surface area contributed by atoms with E-state index in [9.17, 15) is 4.39 Å². The van der Waals surface area contributed by atoms with E-state index in [1.54, 1.807) is 17.4 Å². The van der Waals surface area contributed by atoms with Crippen LogP contribution in [0.3, 0.4) is 0 Å². The lowest BCUT2D eigenvalue weighted by molar-refractivity contribution is 0.607. The molecular formula is C15H18FNS. The summed E-state index contributed by atoms with van der Waals surface area (Å²) in [5, 5.41) is 3.37. The third-order valence-corrected chi connectivity index (χ3v) is 4.25. The summed E-state index contributed by atoms with van der Waals surface area (Å²) in [4.78, 5) is 2.24. The van der Waals surface area contributed by atoms with Gasteiger partial charge in [-0.15, -0.1) is 11.3 Å². The molecule has 2 rings (SSSR count). The lowest BCUT2D eigenvalue weighted by atomic mass is 10.1. The average molecular weight is 263 g/mol. The van der Waals surface area contributed by atoms with Crippen molar-refractivity contribution in [3.8, 4) is 10.4 Å². The number of hydrogen-bond acceptors (Lipinski definition) is 2. The van der Waals surface area contributed by atoms with Crippen molar-refractivity contribution in [3.05, 3.63) is 46.6 Å². The van der Waals surface area contributed by atoms with Crippen molar-refractivity contribution in [2.45, 2.75) is 26.8 Å². The van der Waals surface area contributed by atoms with Crippen molar-refractivity contribution in [2.75, 3.05) is 6.54 Å². The van der Waals surface area contributed by atoms with E-state index in [1.807, 2.05) is 19.1 Å². The molecule has 0 saturated carbocycles. The molecule has 1 aromatic heterocycles. The van der Waals surface area contributed by atoms with Gasteiger partial charge in [0.05, 0.1) is 0 Å². The monoisotopic (exact) mass is 263 g/mol. The third-order valence-electron chi connectivity index (χ3n) is 2.95. The summed E-state index contributed by atoms with van der Waals surface area (Å²) >= 11 is 1.65. The van der Waals surface area contributed by atoms with Crippen LogP contribution in [-0.4, -0.2) is 6.54 Å². The minimum Gasteiger partial charge on any atom is -0.310 e. The Morgan fingerprint density at radius 3 is 2.78 bits per heavy atom. The quantitative estimate of drug-likeness (QED) is 0.854. The van der Waals surface area contributed by atoms with Gasteiger partial charge in [-0.1, -0.05) is 18.6 Å². The van der Waals surface area contributed by atoms with Crippen LogP contribution in [0.2, 0.25) is 0 Å². The lowest BCUT2D eigenvalue weighted by Gasteiger charge is -2.09. The van der Waals surface area contributed by atoms with Crippen molar-refractivity contribution in [1.82, 2.24) is 5.32 Å². The predicted octanol–water partition coefficient (Wildman–Crippen LogP) is 4.53. The van der Waals surface area contributed by atoms with Crippen LogP contribution in [0.25, 0.3) is 10.4 Å². The van der Waals surface area contributed by atoms with Gasteiger partial charge in [-0.2, -0.15) is 0 Å². The first kappa shape index (κ1) is 13.2. The Hall–Kier alpha value is -1.19. The summed E-state index contributed by atoms with van der Waals surface area (Å²) in [7, 11) is 0. The molecule has 0 bridgehead atoms. The predicted molar refractivity (Wildman–Crippen MR) is 76.5 cm³/mol. The summed E-state index contributed by atoms with van der Waals surface area (Å²) in [5.41, 5.74) is 1.79. The molecule has 96 valence electrons. The highest BCUT2D eigenvalue weighted by atomic mass is 32.1. The molecule has 0 amide bonds. The number of rotatable bonds is 4. The molecule has 0 aliphatic rings. The molecule has 0 fully saturated rings. The Morgan fingerprint density at radius 1 is 1.28 bits per heavy atom. The van der Waals surface area contributed by atoms with Gasteiger partial charge in [-0.25, -0.2) is 4.39 Å². The van der Waals surface area contributed by atoms with Gasteiger partial charge < -0.3 is 5.32 Å². The molecule has 1 nitrogen and oxygen atoms in total. The number of benzene rings is 1. The molecule has 0 aliphatic heterocycles. The highest BCUT2D eigenvalue weighted by molar-refractivity contribution is 7.15. The van der Waals surface area contributed by atoms with Gasteiger partial charge in [0.15, 0.2) is 0 Å². The van der Waals surface area contributed by atoms with E-state index in [4.69, 9.17) is 0 Å². The largest absolute Gasteiger partial charge is 0.310 e. The SMILES string of the molecule is CCNC(C)c1ccc(-c2cc(C)ccc2F)s1. The highest BCUT2D eigenvalue weighted by Gasteiger charge is 2.11. The summed E-state index contributed by atoms with van der Waals surface area (Å²) in [6.45, 7) is 7.14. The summed E-state index contributed by atoms with van der Waals surface area (Å²) in [5.74, 6) is -0.148. The number of thiophene rings is 1. The molecule has 2 aromatic rings. The molecule has 0 aliphatic carbocycles. The standard InChI is InChI=1S/C15H18FNS/c1-4-17-11(3)14-7-8-15(18-14)12-9-10(2)5-6-13(12)16/h5-9,11,17H,4H2,1-3H3. The highest BCUT2D eigenvalue weighted by Crippen LogP contribution is 2.33. The van der Waals surface area contributed by atoms with Gasteiger partial charge in [0.25, 0.3) is 0 Å². The zero-order chi connectivity index (χ0) is 13.1. The first-order valence-electron chi connectivity index (χ1n) is 6.21. The van der Waals surface area contributed by atoms with Gasteiger partial charge in [0.2, 0.25) is 0 Å². The Labute approximate surface area is 112 Å². The van der Waals surface area contributed by atoms with Crippen molar-refractivity contribution in [3.63, 3.8) is 0 Å². The maximum absolute atomic E-state index is 13.8. The fourth-order valence-corrected chi connectivity index (χ4v) is 3.02. The first-order valence-corrected chi connectivity index (χ1v) is 7.03. The van der Waals surface area contributed by atoms with Crippen molar-refractivity contribution >= 4 is 11.3 Å². The third kappa shape index (κ3) is 2.79. The zero-order valence-corrected chi connectivity index (χ0v) is 11.8. The maximum atomic E-state index is 13.8. The Kier molecular flexibility index (Phi) is 4.15. The Balaban J connectivity index is 2.32. The van der Waals surface area contributed by atoms with Crippen molar-refractivity contribution in [1.29, 1.82) is 0 Å². The molecule has 0 radical (unpaired) electrons. The normalized spacial score (nSPS) is 12.7. The van der Waals surface area contributed by atoms with Crippen LogP contribution < -0.4 is 5.32 Å². The number of hydrogen-bond donors (Lipinski definition) is 1. The van der Waals surface area contributed by atoms with E-state index < -0.39 is 0 Å². The van der Waals surface area contributed by atoms with E-state index in [0.717, 1.165) is 17.0 Å². The Bertz CT molecular complexity index is 533. The molecular weight excluding hydrogens is 245 g/mol. The Morgan fingerprint density at radius 2 is 2.06 bits per heavy atom. The van der Waals surface area contributed by atoms with Crippen LogP contribution in [0, 0.1) is 12.7 Å². The smallest absolute Gasteiger partial charge is 0.131 e. The lowest BCUT2D eigenvalue weighted by Crippen LogP contribution is -2.16. The molecule has 1 heterocycles. The molecule has 1 aromatic carbocycles. The number of aryl methyl sites for hydroxylation is 1.